The van der Waals surface area contributed by atoms with Gasteiger partial charge in [-0.05, 0) is 33.0 Å². The minimum atomic E-state index is -0.0244. The van der Waals surface area contributed by atoms with E-state index < -0.39 is 0 Å². The maximum Gasteiger partial charge on any atom is 0.255 e. The molecule has 2 atom stereocenters. The number of rotatable bonds is 4. The lowest BCUT2D eigenvalue weighted by Gasteiger charge is -2.22. The molecule has 0 aromatic carbocycles. The number of amides is 1. The van der Waals surface area contributed by atoms with E-state index in [9.17, 15) is 4.79 Å². The first kappa shape index (κ1) is 16.0. The lowest BCUT2D eigenvalue weighted by atomic mass is 10.1. The highest BCUT2D eigenvalue weighted by Crippen LogP contribution is 2.25. The van der Waals surface area contributed by atoms with Crippen LogP contribution in [0, 0.1) is 5.92 Å². The van der Waals surface area contributed by atoms with Crippen LogP contribution in [0.15, 0.2) is 12.3 Å². The van der Waals surface area contributed by atoms with Crippen molar-refractivity contribution in [3.63, 3.8) is 0 Å². The van der Waals surface area contributed by atoms with E-state index in [0.717, 1.165) is 13.1 Å². The number of carbonyl (C=O) groups is 1. The molecule has 2 heterocycles. The van der Waals surface area contributed by atoms with Crippen molar-refractivity contribution in [2.24, 2.45) is 5.92 Å². The average molecular weight is 312 g/mol. The zero-order valence-corrected chi connectivity index (χ0v) is 13.7. The van der Waals surface area contributed by atoms with E-state index in [4.69, 9.17) is 16.3 Å². The van der Waals surface area contributed by atoms with Crippen molar-refractivity contribution >= 4 is 17.5 Å². The average Bonchev–Trinajstić information content (AvgIpc) is 2.82. The van der Waals surface area contributed by atoms with E-state index in [1.165, 1.54) is 6.20 Å². The van der Waals surface area contributed by atoms with Gasteiger partial charge in [-0.3, -0.25) is 4.79 Å². The number of carbonyl (C=O) groups excluding carboxylic acids is 1. The topological polar surface area (TPSA) is 45.7 Å². The Morgan fingerprint density at radius 3 is 2.76 bits per heavy atom. The summed E-state index contributed by atoms with van der Waals surface area (Å²) >= 11 is 6.10. The summed E-state index contributed by atoms with van der Waals surface area (Å²) in [6.45, 7) is 6.02. The molecule has 0 spiro atoms. The van der Waals surface area contributed by atoms with Gasteiger partial charge < -0.3 is 14.5 Å². The maximum atomic E-state index is 12.5. The zero-order chi connectivity index (χ0) is 15.6. The van der Waals surface area contributed by atoms with E-state index in [-0.39, 0.29) is 5.91 Å². The summed E-state index contributed by atoms with van der Waals surface area (Å²) in [7, 11) is 4.09. The summed E-state index contributed by atoms with van der Waals surface area (Å²) < 4.78 is 5.29. The van der Waals surface area contributed by atoms with Crippen LogP contribution in [0.1, 0.15) is 24.2 Å². The smallest absolute Gasteiger partial charge is 0.255 e. The normalized spacial score (nSPS) is 21.9. The minimum Gasteiger partial charge on any atom is -0.477 e. The third kappa shape index (κ3) is 3.47. The van der Waals surface area contributed by atoms with Crippen LogP contribution in [-0.4, -0.2) is 60.5 Å². The number of nitrogens with zero attached hydrogens (tertiary/aromatic N) is 3. The third-order valence-corrected chi connectivity index (χ3v) is 4.13. The Balaban J connectivity index is 2.12. The largest absolute Gasteiger partial charge is 0.477 e. The van der Waals surface area contributed by atoms with Gasteiger partial charge in [0.05, 0.1) is 12.2 Å². The fourth-order valence-corrected chi connectivity index (χ4v) is 2.98. The highest BCUT2D eigenvalue weighted by Gasteiger charge is 2.34. The molecular formula is C15H22ClN3O2. The fraction of sp³-hybridized carbons (Fsp3) is 0.600. The van der Waals surface area contributed by atoms with Gasteiger partial charge in [-0.25, -0.2) is 4.98 Å². The van der Waals surface area contributed by atoms with Gasteiger partial charge >= 0.3 is 0 Å². The van der Waals surface area contributed by atoms with Gasteiger partial charge in [0.1, 0.15) is 5.02 Å². The molecule has 0 unspecified atom stereocenters. The van der Waals surface area contributed by atoms with Crippen molar-refractivity contribution in [3.8, 4) is 5.88 Å². The van der Waals surface area contributed by atoms with Crippen LogP contribution in [0.4, 0.5) is 0 Å². The predicted molar refractivity (Wildman–Crippen MR) is 83.0 cm³/mol. The van der Waals surface area contributed by atoms with Crippen molar-refractivity contribution in [3.05, 3.63) is 22.8 Å². The van der Waals surface area contributed by atoms with E-state index in [2.05, 4.69) is 16.8 Å². The molecule has 1 aromatic heterocycles. The molecule has 0 radical (unpaired) electrons. The number of likely N-dealkylation sites (N-methyl/N-ethyl adjacent to an activating group) is 1. The number of aromatic nitrogens is 1. The quantitative estimate of drug-likeness (QED) is 0.855. The lowest BCUT2D eigenvalue weighted by molar-refractivity contribution is 0.0781. The summed E-state index contributed by atoms with van der Waals surface area (Å²) in [5.41, 5.74) is 0.509. The molecule has 1 aliphatic rings. The Kier molecular flexibility index (Phi) is 5.06. The van der Waals surface area contributed by atoms with E-state index in [0.29, 0.717) is 35.0 Å². The Hall–Kier alpha value is -1.33. The standard InChI is InChI=1S/C15H22ClN3O2/c1-5-21-14-12(16)6-11(7-17-14)15(20)19-8-10(2)13(9-19)18(3)4/h6-7,10,13H,5,8-9H2,1-4H3/t10-,13-/m1/s1. The van der Waals surface area contributed by atoms with Gasteiger partial charge in [0, 0.05) is 25.3 Å². The SMILES string of the molecule is CCOc1ncc(C(=O)N2C[C@@H](C)[C@H](N(C)C)C2)cc1Cl. The first-order valence-corrected chi connectivity index (χ1v) is 7.55. The second kappa shape index (κ2) is 6.62. The third-order valence-electron chi connectivity index (χ3n) is 3.86. The molecule has 1 saturated heterocycles. The summed E-state index contributed by atoms with van der Waals surface area (Å²) in [4.78, 5) is 20.7. The maximum absolute atomic E-state index is 12.5. The second-order valence-electron chi connectivity index (χ2n) is 5.66. The first-order valence-electron chi connectivity index (χ1n) is 7.18. The van der Waals surface area contributed by atoms with Crippen LogP contribution >= 0.6 is 11.6 Å². The van der Waals surface area contributed by atoms with E-state index in [1.54, 1.807) is 6.07 Å². The van der Waals surface area contributed by atoms with Gasteiger partial charge in [-0.15, -0.1) is 0 Å². The molecule has 1 amide bonds. The Labute approximate surface area is 130 Å². The Morgan fingerprint density at radius 2 is 2.24 bits per heavy atom. The highest BCUT2D eigenvalue weighted by molar-refractivity contribution is 6.32. The monoisotopic (exact) mass is 311 g/mol. The Bertz CT molecular complexity index is 522. The van der Waals surface area contributed by atoms with Crippen molar-refractivity contribution in [1.82, 2.24) is 14.8 Å². The van der Waals surface area contributed by atoms with Crippen LogP contribution in [0.3, 0.4) is 0 Å². The molecule has 21 heavy (non-hydrogen) atoms. The van der Waals surface area contributed by atoms with Crippen LogP contribution in [0.25, 0.3) is 0 Å². The lowest BCUT2D eigenvalue weighted by Crippen LogP contribution is -2.35. The van der Waals surface area contributed by atoms with Crippen LogP contribution in [-0.2, 0) is 0 Å². The molecule has 1 aromatic rings. The van der Waals surface area contributed by atoms with E-state index in [1.807, 2.05) is 25.9 Å². The molecule has 0 bridgehead atoms. The first-order chi connectivity index (χ1) is 9.93. The number of likely N-dealkylation sites (tertiary alicyclic amines) is 1. The molecule has 6 heteroatoms. The molecule has 2 rings (SSSR count). The molecule has 1 aliphatic heterocycles. The fourth-order valence-electron chi connectivity index (χ4n) is 2.76. The van der Waals surface area contributed by atoms with Gasteiger partial charge in [0.15, 0.2) is 0 Å². The number of hydrogen-bond donors (Lipinski definition) is 0. The summed E-state index contributed by atoms with van der Waals surface area (Å²) in [5, 5.41) is 0.374. The molecule has 0 N–H and O–H groups in total. The summed E-state index contributed by atoms with van der Waals surface area (Å²) in [6.07, 6.45) is 1.53. The summed E-state index contributed by atoms with van der Waals surface area (Å²) in [5.74, 6) is 0.801. The minimum absolute atomic E-state index is 0.0244. The molecule has 0 saturated carbocycles. The number of halogens is 1. The van der Waals surface area contributed by atoms with Crippen LogP contribution in [0.2, 0.25) is 5.02 Å². The number of pyridine rings is 1. The van der Waals surface area contributed by atoms with Crippen molar-refractivity contribution in [1.29, 1.82) is 0 Å². The highest BCUT2D eigenvalue weighted by atomic mass is 35.5. The van der Waals surface area contributed by atoms with Gasteiger partial charge in [0.2, 0.25) is 5.88 Å². The van der Waals surface area contributed by atoms with Crippen molar-refractivity contribution < 1.29 is 9.53 Å². The second-order valence-corrected chi connectivity index (χ2v) is 6.07. The molecule has 0 aliphatic carbocycles. The van der Waals surface area contributed by atoms with Gasteiger partial charge in [-0.1, -0.05) is 18.5 Å². The van der Waals surface area contributed by atoms with Crippen LogP contribution in [0.5, 0.6) is 5.88 Å². The molecule has 1 fully saturated rings. The number of hydrogen-bond acceptors (Lipinski definition) is 4. The molecule has 116 valence electrons. The summed E-state index contributed by atoms with van der Waals surface area (Å²) in [6, 6.07) is 2.02. The van der Waals surface area contributed by atoms with Gasteiger partial charge in [0.25, 0.3) is 5.91 Å². The Morgan fingerprint density at radius 1 is 1.52 bits per heavy atom. The molecule has 5 nitrogen and oxygen atoms in total. The van der Waals surface area contributed by atoms with Crippen molar-refractivity contribution in [2.45, 2.75) is 19.9 Å². The number of ether oxygens (including phenoxy) is 1. The van der Waals surface area contributed by atoms with E-state index >= 15 is 0 Å². The molecular weight excluding hydrogens is 290 g/mol. The van der Waals surface area contributed by atoms with Gasteiger partial charge in [-0.2, -0.15) is 0 Å². The zero-order valence-electron chi connectivity index (χ0n) is 13.0. The van der Waals surface area contributed by atoms with Crippen molar-refractivity contribution in [2.75, 3.05) is 33.8 Å². The predicted octanol–water partition coefficient (Wildman–Crippen LogP) is 2.16. The van der Waals surface area contributed by atoms with Crippen LogP contribution < -0.4 is 4.74 Å².